The molecule has 0 spiro atoms. The normalized spacial score (nSPS) is 19.6. The van der Waals surface area contributed by atoms with Gasteiger partial charge in [0.25, 0.3) is 0 Å². The van der Waals surface area contributed by atoms with Crippen molar-refractivity contribution in [2.75, 3.05) is 26.2 Å². The summed E-state index contributed by atoms with van der Waals surface area (Å²) >= 11 is 0. The van der Waals surface area contributed by atoms with Crippen molar-refractivity contribution in [1.82, 2.24) is 20.0 Å². The van der Waals surface area contributed by atoms with Crippen molar-refractivity contribution in [3.8, 4) is 11.1 Å². The minimum absolute atomic E-state index is 0.0618. The van der Waals surface area contributed by atoms with Gasteiger partial charge in [-0.1, -0.05) is 18.2 Å². The van der Waals surface area contributed by atoms with Crippen molar-refractivity contribution >= 4 is 12.1 Å². The van der Waals surface area contributed by atoms with Crippen molar-refractivity contribution in [1.29, 1.82) is 5.41 Å². The first kappa shape index (κ1) is 20.9. The van der Waals surface area contributed by atoms with Crippen LogP contribution in [0.15, 0.2) is 53.4 Å². The molecule has 154 valence electrons. The highest BCUT2D eigenvalue weighted by molar-refractivity contribution is 6.11. The molecule has 0 saturated carbocycles. The number of piperazine rings is 1. The zero-order valence-corrected chi connectivity index (χ0v) is 16.9. The Bertz CT molecular complexity index is 902. The van der Waals surface area contributed by atoms with Gasteiger partial charge in [0, 0.05) is 56.1 Å². The molecular weight excluding hydrogens is 366 g/mol. The molecule has 8 nitrogen and oxygen atoms in total. The topological polar surface area (TPSA) is 116 Å². The molecule has 0 amide bonds. The van der Waals surface area contributed by atoms with Crippen LogP contribution in [-0.4, -0.2) is 70.2 Å². The molecule has 1 aliphatic heterocycles. The number of nitrogens with two attached hydrogens (primary N) is 1. The quantitative estimate of drug-likeness (QED) is 0.412. The minimum atomic E-state index is 0.0618. The third-order valence-corrected chi connectivity index (χ3v) is 5.14. The number of rotatable bonds is 7. The zero-order valence-electron chi connectivity index (χ0n) is 16.9. The highest BCUT2D eigenvalue weighted by Crippen LogP contribution is 2.22. The number of nitrogens with one attached hydrogen (secondary N) is 2. The van der Waals surface area contributed by atoms with Crippen LogP contribution < -0.4 is 11.1 Å². The molecule has 1 aliphatic rings. The summed E-state index contributed by atoms with van der Waals surface area (Å²) < 4.78 is 1.76. The van der Waals surface area contributed by atoms with Crippen LogP contribution in [0.5, 0.6) is 0 Å². The molecule has 2 aromatic rings. The fraction of sp³-hybridized carbons (Fsp3) is 0.381. The van der Waals surface area contributed by atoms with Gasteiger partial charge in [-0.25, -0.2) is 4.99 Å². The SMILES string of the molecule is CC(/C=C(\N=CN)C(=N)c1cccc(-c2cnn(C)c2)c1)N1CCNC(CO)C1. The number of nitrogens with zero attached hydrogens (tertiary/aromatic N) is 4. The van der Waals surface area contributed by atoms with Gasteiger partial charge in [-0.3, -0.25) is 15.0 Å². The Morgan fingerprint density at radius 1 is 1.48 bits per heavy atom. The van der Waals surface area contributed by atoms with Crippen molar-refractivity contribution in [3.05, 3.63) is 54.0 Å². The third-order valence-electron chi connectivity index (χ3n) is 5.14. The number of aliphatic hydroxyl groups excluding tert-OH is 1. The Kier molecular flexibility index (Phi) is 6.92. The van der Waals surface area contributed by atoms with Gasteiger partial charge >= 0.3 is 0 Å². The molecule has 1 aromatic carbocycles. The number of aliphatic imine (C=N–C) groups is 1. The highest BCUT2D eigenvalue weighted by Gasteiger charge is 2.22. The van der Waals surface area contributed by atoms with Crippen LogP contribution >= 0.6 is 0 Å². The van der Waals surface area contributed by atoms with E-state index in [1.54, 1.807) is 4.68 Å². The van der Waals surface area contributed by atoms with Crippen molar-refractivity contribution < 1.29 is 5.11 Å². The van der Waals surface area contributed by atoms with Gasteiger partial charge in [-0.15, -0.1) is 0 Å². The van der Waals surface area contributed by atoms with E-state index in [0.717, 1.165) is 36.3 Å². The van der Waals surface area contributed by atoms with E-state index in [0.29, 0.717) is 11.4 Å². The maximum atomic E-state index is 9.43. The average Bonchev–Trinajstić information content (AvgIpc) is 3.19. The molecule has 2 heterocycles. The first-order valence-corrected chi connectivity index (χ1v) is 9.74. The van der Waals surface area contributed by atoms with E-state index in [4.69, 9.17) is 11.1 Å². The van der Waals surface area contributed by atoms with E-state index >= 15 is 0 Å². The molecule has 2 unspecified atom stereocenters. The van der Waals surface area contributed by atoms with E-state index in [1.165, 1.54) is 6.34 Å². The number of hydrogen-bond donors (Lipinski definition) is 4. The van der Waals surface area contributed by atoms with Crippen LogP contribution in [0.3, 0.4) is 0 Å². The highest BCUT2D eigenvalue weighted by atomic mass is 16.3. The standard InChI is InChI=1S/C21H29N7O/c1-15(28-7-6-24-19(12-28)13-29)8-20(25-14-22)21(23)17-5-3-4-16(9-17)18-10-26-27(2)11-18/h3-5,8-11,14-15,19,23-24,29H,6-7,12-13H2,1-2H3,(H2,22,25)/b20-8-,23-21?. The van der Waals surface area contributed by atoms with Crippen LogP contribution in [0.1, 0.15) is 12.5 Å². The molecule has 1 aromatic heterocycles. The van der Waals surface area contributed by atoms with Gasteiger partial charge in [0.1, 0.15) is 0 Å². The van der Waals surface area contributed by atoms with Crippen LogP contribution in [-0.2, 0) is 7.05 Å². The lowest BCUT2D eigenvalue weighted by Gasteiger charge is -2.35. The second kappa shape index (κ2) is 9.60. The number of aliphatic hydroxyl groups is 1. The fourth-order valence-corrected chi connectivity index (χ4v) is 3.52. The van der Waals surface area contributed by atoms with E-state index in [2.05, 4.69) is 27.2 Å². The minimum Gasteiger partial charge on any atom is -0.395 e. The second-order valence-electron chi connectivity index (χ2n) is 7.26. The molecular formula is C21H29N7O. The average molecular weight is 396 g/mol. The molecule has 1 fully saturated rings. The van der Waals surface area contributed by atoms with E-state index in [9.17, 15) is 5.11 Å². The summed E-state index contributed by atoms with van der Waals surface area (Å²) in [5.41, 5.74) is 9.18. The van der Waals surface area contributed by atoms with Crippen molar-refractivity contribution in [3.63, 3.8) is 0 Å². The first-order chi connectivity index (χ1) is 14.0. The molecule has 3 rings (SSSR count). The van der Waals surface area contributed by atoms with Crippen molar-refractivity contribution in [2.24, 2.45) is 17.8 Å². The Morgan fingerprint density at radius 2 is 2.31 bits per heavy atom. The second-order valence-corrected chi connectivity index (χ2v) is 7.26. The third kappa shape index (κ3) is 5.17. The Balaban J connectivity index is 1.83. The monoisotopic (exact) mass is 395 g/mol. The predicted octanol–water partition coefficient (Wildman–Crippen LogP) is 0.980. The summed E-state index contributed by atoms with van der Waals surface area (Å²) in [6.45, 7) is 4.63. The molecule has 8 heteroatoms. The molecule has 29 heavy (non-hydrogen) atoms. The Hall–Kier alpha value is -2.81. The summed E-state index contributed by atoms with van der Waals surface area (Å²) in [5.74, 6) is 0. The fourth-order valence-electron chi connectivity index (χ4n) is 3.52. The maximum absolute atomic E-state index is 9.43. The molecule has 2 atom stereocenters. The summed E-state index contributed by atoms with van der Waals surface area (Å²) in [6, 6.07) is 7.93. The van der Waals surface area contributed by atoms with Crippen LogP contribution in [0.2, 0.25) is 0 Å². The molecule has 0 bridgehead atoms. The zero-order chi connectivity index (χ0) is 20.8. The van der Waals surface area contributed by atoms with E-state index in [-0.39, 0.29) is 18.7 Å². The Morgan fingerprint density at radius 3 is 3.00 bits per heavy atom. The summed E-state index contributed by atoms with van der Waals surface area (Å²) in [7, 11) is 1.88. The van der Waals surface area contributed by atoms with Gasteiger partial charge < -0.3 is 16.2 Å². The van der Waals surface area contributed by atoms with E-state index < -0.39 is 0 Å². The largest absolute Gasteiger partial charge is 0.395 e. The number of aryl methyl sites for hydroxylation is 1. The van der Waals surface area contributed by atoms with Crippen LogP contribution in [0.4, 0.5) is 0 Å². The number of benzene rings is 1. The lowest BCUT2D eigenvalue weighted by atomic mass is 10.0. The summed E-state index contributed by atoms with van der Waals surface area (Å²) in [4.78, 5) is 6.53. The van der Waals surface area contributed by atoms with Gasteiger partial charge in [0.05, 0.1) is 30.6 Å². The van der Waals surface area contributed by atoms with Crippen molar-refractivity contribution in [2.45, 2.75) is 19.0 Å². The van der Waals surface area contributed by atoms with Crippen LogP contribution in [0.25, 0.3) is 11.1 Å². The smallest absolute Gasteiger partial charge is 0.0878 e. The van der Waals surface area contributed by atoms with Crippen LogP contribution in [0, 0.1) is 5.41 Å². The Labute approximate surface area is 171 Å². The number of allylic oxidation sites excluding steroid dienone is 1. The van der Waals surface area contributed by atoms with Gasteiger partial charge in [0.15, 0.2) is 0 Å². The van der Waals surface area contributed by atoms with Gasteiger partial charge in [-0.05, 0) is 24.6 Å². The predicted molar refractivity (Wildman–Crippen MR) is 116 cm³/mol. The maximum Gasteiger partial charge on any atom is 0.0878 e. The summed E-state index contributed by atoms with van der Waals surface area (Å²) in [5, 5.41) is 25.7. The number of hydrogen-bond acceptors (Lipinski definition) is 6. The molecule has 1 saturated heterocycles. The molecule has 5 N–H and O–H groups in total. The van der Waals surface area contributed by atoms with Gasteiger partial charge in [0.2, 0.25) is 0 Å². The summed E-state index contributed by atoms with van der Waals surface area (Å²) in [6.07, 6.45) is 6.94. The van der Waals surface area contributed by atoms with Gasteiger partial charge in [-0.2, -0.15) is 5.10 Å². The molecule has 0 radical (unpaired) electrons. The van der Waals surface area contributed by atoms with E-state index in [1.807, 2.05) is 49.8 Å². The number of aromatic nitrogens is 2. The first-order valence-electron chi connectivity index (χ1n) is 9.74. The lowest BCUT2D eigenvalue weighted by Crippen LogP contribution is -2.54. The molecule has 0 aliphatic carbocycles. The lowest BCUT2D eigenvalue weighted by molar-refractivity contribution is 0.134.